The molecule has 0 aliphatic rings. The monoisotopic (exact) mass is 442 g/mol. The number of rotatable bonds is 7. The van der Waals surface area contributed by atoms with Crippen LogP contribution < -0.4 is 0 Å². The van der Waals surface area contributed by atoms with Gasteiger partial charge in [0.25, 0.3) is 0 Å². The quantitative estimate of drug-likeness (QED) is 0.603. The van der Waals surface area contributed by atoms with E-state index in [1.807, 2.05) is 0 Å². The number of ketones is 1. The lowest BCUT2D eigenvalue weighted by atomic mass is 10.0. The van der Waals surface area contributed by atoms with E-state index in [2.05, 4.69) is 15.1 Å². The summed E-state index contributed by atoms with van der Waals surface area (Å²) < 4.78 is 45.0. The van der Waals surface area contributed by atoms with E-state index < -0.39 is 24.1 Å². The van der Waals surface area contributed by atoms with Crippen LogP contribution in [0.1, 0.15) is 41.6 Å². The summed E-state index contributed by atoms with van der Waals surface area (Å²) in [5, 5.41) is 13.8. The molecule has 160 valence electrons. The number of alkyl halides is 3. The van der Waals surface area contributed by atoms with Gasteiger partial charge in [-0.05, 0) is 24.6 Å². The minimum atomic E-state index is -4.84. The highest BCUT2D eigenvalue weighted by Gasteiger charge is 2.40. The molecular weight excluding hydrogens is 425 g/mol. The van der Waals surface area contributed by atoms with Gasteiger partial charge in [-0.3, -0.25) is 9.78 Å². The topological polar surface area (TPSA) is 89.6 Å². The van der Waals surface area contributed by atoms with Gasteiger partial charge in [-0.2, -0.15) is 18.3 Å². The maximum Gasteiger partial charge on any atom is 0.420 e. The molecule has 0 aromatic carbocycles. The first kappa shape index (κ1) is 22.1. The molecule has 3 rings (SSSR count). The van der Waals surface area contributed by atoms with Gasteiger partial charge in [0.2, 0.25) is 0 Å². The second kappa shape index (κ2) is 8.66. The van der Waals surface area contributed by atoms with Gasteiger partial charge < -0.3 is 9.84 Å². The molecule has 0 saturated heterocycles. The van der Waals surface area contributed by atoms with Gasteiger partial charge in [0.1, 0.15) is 5.78 Å². The minimum Gasteiger partial charge on any atom is -0.378 e. The molecule has 1 N–H and O–H groups in total. The third-order valence-corrected chi connectivity index (χ3v) is 4.72. The average Bonchev–Trinajstić information content (AvgIpc) is 3.06. The zero-order valence-electron chi connectivity index (χ0n) is 16.0. The number of hydrogen-bond donors (Lipinski definition) is 1. The third kappa shape index (κ3) is 4.77. The number of aromatic nitrogens is 4. The molecule has 3 heterocycles. The van der Waals surface area contributed by atoms with Crippen LogP contribution in [0.15, 0.2) is 30.6 Å². The fraction of sp³-hybridized carbons (Fsp3) is 0.368. The van der Waals surface area contributed by atoms with Gasteiger partial charge in [0.05, 0.1) is 17.5 Å². The largest absolute Gasteiger partial charge is 0.420 e. The number of aliphatic hydroxyl groups is 1. The highest BCUT2D eigenvalue weighted by Crippen LogP contribution is 2.31. The Morgan fingerprint density at radius 3 is 2.70 bits per heavy atom. The van der Waals surface area contributed by atoms with E-state index >= 15 is 0 Å². The smallest absolute Gasteiger partial charge is 0.378 e. The summed E-state index contributed by atoms with van der Waals surface area (Å²) in [6.07, 6.45) is -5.48. The first-order valence-electron chi connectivity index (χ1n) is 8.87. The van der Waals surface area contributed by atoms with Crippen LogP contribution in [-0.4, -0.2) is 43.8 Å². The van der Waals surface area contributed by atoms with Crippen LogP contribution in [0, 0.1) is 0 Å². The highest BCUT2D eigenvalue weighted by atomic mass is 35.5. The highest BCUT2D eigenvalue weighted by molar-refractivity contribution is 6.29. The maximum atomic E-state index is 12.7. The molecule has 0 aliphatic heterocycles. The molecule has 7 nitrogen and oxygen atoms in total. The summed E-state index contributed by atoms with van der Waals surface area (Å²) in [5.74, 6) is -0.266. The van der Waals surface area contributed by atoms with E-state index in [0.29, 0.717) is 22.5 Å². The van der Waals surface area contributed by atoms with Crippen molar-refractivity contribution in [2.24, 2.45) is 0 Å². The molecule has 11 heteroatoms. The van der Waals surface area contributed by atoms with E-state index in [-0.39, 0.29) is 23.8 Å². The van der Waals surface area contributed by atoms with E-state index in [9.17, 15) is 23.1 Å². The van der Waals surface area contributed by atoms with Crippen molar-refractivity contribution >= 4 is 23.0 Å². The molecule has 0 fully saturated rings. The molecule has 3 aromatic heterocycles. The van der Waals surface area contributed by atoms with Crippen LogP contribution in [0.2, 0.25) is 5.15 Å². The van der Waals surface area contributed by atoms with E-state index in [1.54, 1.807) is 13.0 Å². The lowest BCUT2D eigenvalue weighted by molar-refractivity contribution is -0.207. The number of methoxy groups -OCH3 is 1. The molecule has 2 atom stereocenters. The lowest BCUT2D eigenvalue weighted by Crippen LogP contribution is -2.21. The Kier molecular flexibility index (Phi) is 6.39. The number of Topliss-reactive ketones (excluding diaryl/α,β-unsaturated/α-hetero) is 1. The van der Waals surface area contributed by atoms with Crippen LogP contribution in [0.5, 0.6) is 0 Å². The Balaban J connectivity index is 1.84. The third-order valence-electron chi connectivity index (χ3n) is 4.53. The first-order valence-corrected chi connectivity index (χ1v) is 9.25. The second-order valence-electron chi connectivity index (χ2n) is 6.71. The van der Waals surface area contributed by atoms with Crippen LogP contribution in [0.3, 0.4) is 0 Å². The zero-order chi connectivity index (χ0) is 22.1. The number of fused-ring (bicyclic) bond motifs is 1. The molecule has 0 aliphatic carbocycles. The summed E-state index contributed by atoms with van der Waals surface area (Å²) in [6, 6.07) is 4.07. The molecule has 0 saturated carbocycles. The van der Waals surface area contributed by atoms with Crippen LogP contribution in [0.25, 0.3) is 5.65 Å². The summed E-state index contributed by atoms with van der Waals surface area (Å²) in [7, 11) is 1.51. The number of aliphatic hydroxyl groups excluding tert-OH is 1. The molecule has 3 aromatic rings. The van der Waals surface area contributed by atoms with Crippen molar-refractivity contribution < 1.29 is 27.8 Å². The van der Waals surface area contributed by atoms with Crippen LogP contribution >= 0.6 is 11.6 Å². The molecule has 30 heavy (non-hydrogen) atoms. The Morgan fingerprint density at radius 2 is 2.03 bits per heavy atom. The van der Waals surface area contributed by atoms with E-state index in [0.717, 1.165) is 12.3 Å². The first-order chi connectivity index (χ1) is 14.1. The number of carbonyl (C=O) groups is 1. The number of nitrogens with zero attached hydrogens (tertiary/aromatic N) is 4. The van der Waals surface area contributed by atoms with Gasteiger partial charge in [0, 0.05) is 44.0 Å². The number of halogens is 4. The molecule has 1 unspecified atom stereocenters. The summed E-state index contributed by atoms with van der Waals surface area (Å²) >= 11 is 5.95. The molecule has 0 amide bonds. The van der Waals surface area contributed by atoms with Gasteiger partial charge in [0.15, 0.2) is 16.9 Å². The van der Waals surface area contributed by atoms with Crippen LogP contribution in [0.4, 0.5) is 13.2 Å². The van der Waals surface area contributed by atoms with E-state index in [1.165, 1.54) is 23.9 Å². The SMILES string of the molecule is CO[C@@H](C)c1c(CC(=O)Cc2ccnc(C(O)C(F)(F)F)c2)cnc2cc(Cl)nn12. The molecule has 0 radical (unpaired) electrons. The minimum absolute atomic E-state index is 0.0388. The summed E-state index contributed by atoms with van der Waals surface area (Å²) in [5.41, 5.74) is 1.41. The van der Waals surface area contributed by atoms with Gasteiger partial charge >= 0.3 is 6.18 Å². The number of pyridine rings is 1. The average molecular weight is 443 g/mol. The number of ether oxygens (including phenoxy) is 1. The van der Waals surface area contributed by atoms with Crippen molar-refractivity contribution in [2.75, 3.05) is 7.11 Å². The Bertz CT molecular complexity index is 1070. The zero-order valence-corrected chi connectivity index (χ0v) is 16.8. The predicted molar refractivity (Wildman–Crippen MR) is 101 cm³/mol. The summed E-state index contributed by atoms with van der Waals surface area (Å²) in [6.45, 7) is 1.78. The Labute approximate surface area is 174 Å². The molecule has 0 bridgehead atoms. The van der Waals surface area contributed by atoms with Gasteiger partial charge in [-0.15, -0.1) is 0 Å². The number of hydrogen-bond acceptors (Lipinski definition) is 6. The Hall–Kier alpha value is -2.56. The Morgan fingerprint density at radius 1 is 1.30 bits per heavy atom. The summed E-state index contributed by atoms with van der Waals surface area (Å²) in [4.78, 5) is 20.4. The normalized spacial score (nSPS) is 14.1. The van der Waals surface area contributed by atoms with E-state index in [4.69, 9.17) is 16.3 Å². The van der Waals surface area contributed by atoms with Crippen molar-refractivity contribution in [3.8, 4) is 0 Å². The fourth-order valence-electron chi connectivity index (χ4n) is 3.06. The van der Waals surface area contributed by atoms with Crippen molar-refractivity contribution in [2.45, 2.75) is 38.1 Å². The predicted octanol–water partition coefficient (Wildman–Crippen LogP) is 3.44. The lowest BCUT2D eigenvalue weighted by Gasteiger charge is -2.16. The van der Waals surface area contributed by atoms with Crippen molar-refractivity contribution in [3.63, 3.8) is 0 Å². The standard InChI is InChI=1S/C19H18ClF3N4O3/c1-10(30-2)17-12(9-25-16-8-15(20)26-27(16)17)7-13(28)5-11-3-4-24-14(6-11)18(29)19(21,22)23/h3-4,6,8-10,18,29H,5,7H2,1-2H3/t10-,18?/m0/s1. The maximum absolute atomic E-state index is 12.7. The molecule has 0 spiro atoms. The van der Waals surface area contributed by atoms with Gasteiger partial charge in [-0.25, -0.2) is 9.50 Å². The van der Waals surface area contributed by atoms with Crippen molar-refractivity contribution in [3.05, 3.63) is 58.3 Å². The van der Waals surface area contributed by atoms with Crippen LogP contribution in [-0.2, 0) is 22.4 Å². The second-order valence-corrected chi connectivity index (χ2v) is 7.10. The van der Waals surface area contributed by atoms with Crippen molar-refractivity contribution in [1.82, 2.24) is 19.6 Å². The van der Waals surface area contributed by atoms with Gasteiger partial charge in [-0.1, -0.05) is 11.6 Å². The number of carbonyl (C=O) groups excluding carboxylic acids is 1. The molecular formula is C19H18ClF3N4O3. The van der Waals surface area contributed by atoms with Crippen molar-refractivity contribution in [1.29, 1.82) is 0 Å². The fourth-order valence-corrected chi connectivity index (χ4v) is 3.24.